The summed E-state index contributed by atoms with van der Waals surface area (Å²) in [5.41, 5.74) is 0.355. The molecule has 1 saturated heterocycles. The number of ether oxygens (including phenoxy) is 1. The van der Waals surface area contributed by atoms with Gasteiger partial charge < -0.3 is 10.1 Å². The Kier molecular flexibility index (Phi) is 3.20. The van der Waals surface area contributed by atoms with Crippen LogP contribution in [0.25, 0.3) is 0 Å². The summed E-state index contributed by atoms with van der Waals surface area (Å²) in [6.07, 6.45) is 10.3. The lowest BCUT2D eigenvalue weighted by atomic mass is 9.57. The van der Waals surface area contributed by atoms with Gasteiger partial charge in [0.1, 0.15) is 0 Å². The highest BCUT2D eigenvalue weighted by atomic mass is 16.5. The maximum Gasteiger partial charge on any atom is 0.0685 e. The Labute approximate surface area is 105 Å². The molecule has 2 aliphatic carbocycles. The molecule has 2 saturated carbocycles. The highest BCUT2D eigenvalue weighted by Crippen LogP contribution is 2.52. The first-order valence-corrected chi connectivity index (χ1v) is 7.57. The SMILES string of the molecule is CC1(C)C(NC2CCCCCC2)C2CCOC21. The number of fused-ring (bicyclic) bond motifs is 1. The molecule has 0 aromatic heterocycles. The van der Waals surface area contributed by atoms with Gasteiger partial charge >= 0.3 is 0 Å². The van der Waals surface area contributed by atoms with Crippen LogP contribution in [0.15, 0.2) is 0 Å². The minimum atomic E-state index is 0.355. The average molecular weight is 237 g/mol. The van der Waals surface area contributed by atoms with Crippen molar-refractivity contribution in [3.05, 3.63) is 0 Å². The normalized spacial score (nSPS) is 41.6. The van der Waals surface area contributed by atoms with Crippen LogP contribution in [0, 0.1) is 11.3 Å². The van der Waals surface area contributed by atoms with Gasteiger partial charge in [-0.05, 0) is 19.3 Å². The first kappa shape index (κ1) is 12.0. The van der Waals surface area contributed by atoms with Gasteiger partial charge in [-0.15, -0.1) is 0 Å². The third-order valence-electron chi connectivity index (χ3n) is 5.37. The van der Waals surface area contributed by atoms with Crippen molar-refractivity contribution in [1.29, 1.82) is 0 Å². The van der Waals surface area contributed by atoms with Gasteiger partial charge in [-0.1, -0.05) is 39.5 Å². The van der Waals surface area contributed by atoms with E-state index in [2.05, 4.69) is 19.2 Å². The zero-order chi connectivity index (χ0) is 11.9. The van der Waals surface area contributed by atoms with Crippen LogP contribution in [-0.4, -0.2) is 24.8 Å². The predicted molar refractivity (Wildman–Crippen MR) is 70.0 cm³/mol. The van der Waals surface area contributed by atoms with E-state index < -0.39 is 0 Å². The lowest BCUT2D eigenvalue weighted by Crippen LogP contribution is -2.67. The summed E-state index contributed by atoms with van der Waals surface area (Å²) < 4.78 is 5.87. The Hall–Kier alpha value is -0.0800. The Morgan fingerprint density at radius 2 is 1.71 bits per heavy atom. The first-order chi connectivity index (χ1) is 8.19. The second kappa shape index (κ2) is 4.55. The molecule has 0 spiro atoms. The molecule has 3 aliphatic rings. The van der Waals surface area contributed by atoms with Crippen molar-refractivity contribution in [2.45, 2.75) is 77.0 Å². The fourth-order valence-electron chi connectivity index (χ4n) is 4.36. The Morgan fingerprint density at radius 3 is 2.41 bits per heavy atom. The molecule has 3 rings (SSSR count). The van der Waals surface area contributed by atoms with Crippen LogP contribution in [0.2, 0.25) is 0 Å². The van der Waals surface area contributed by atoms with Crippen LogP contribution in [0.5, 0.6) is 0 Å². The van der Waals surface area contributed by atoms with Crippen LogP contribution in [0.4, 0.5) is 0 Å². The highest BCUT2D eigenvalue weighted by Gasteiger charge is 2.59. The minimum Gasteiger partial charge on any atom is -0.377 e. The van der Waals surface area contributed by atoms with Gasteiger partial charge in [0.15, 0.2) is 0 Å². The molecule has 0 bridgehead atoms. The van der Waals surface area contributed by atoms with Crippen molar-refractivity contribution in [1.82, 2.24) is 5.32 Å². The van der Waals surface area contributed by atoms with Gasteiger partial charge in [-0.2, -0.15) is 0 Å². The molecule has 1 aliphatic heterocycles. The zero-order valence-corrected chi connectivity index (χ0v) is 11.4. The van der Waals surface area contributed by atoms with E-state index >= 15 is 0 Å². The fourth-order valence-corrected chi connectivity index (χ4v) is 4.36. The van der Waals surface area contributed by atoms with E-state index in [1.165, 1.54) is 44.9 Å². The topological polar surface area (TPSA) is 21.3 Å². The summed E-state index contributed by atoms with van der Waals surface area (Å²) >= 11 is 0. The van der Waals surface area contributed by atoms with Gasteiger partial charge in [-0.25, -0.2) is 0 Å². The predicted octanol–water partition coefficient (Wildman–Crippen LogP) is 3.11. The highest BCUT2D eigenvalue weighted by molar-refractivity contribution is 5.11. The van der Waals surface area contributed by atoms with E-state index in [-0.39, 0.29) is 0 Å². The van der Waals surface area contributed by atoms with E-state index in [0.29, 0.717) is 17.6 Å². The monoisotopic (exact) mass is 237 g/mol. The molecule has 3 fully saturated rings. The maximum absolute atomic E-state index is 5.87. The molecule has 3 unspecified atom stereocenters. The third kappa shape index (κ3) is 2.04. The first-order valence-electron chi connectivity index (χ1n) is 7.57. The van der Waals surface area contributed by atoms with Crippen LogP contribution in [0.1, 0.15) is 58.8 Å². The standard InChI is InChI=1S/C15H27NO/c1-15(2)13(12-9-10-17-14(12)15)16-11-7-5-3-4-6-8-11/h11-14,16H,3-10H2,1-2H3. The third-order valence-corrected chi connectivity index (χ3v) is 5.37. The van der Waals surface area contributed by atoms with Crippen molar-refractivity contribution in [2.24, 2.45) is 11.3 Å². The van der Waals surface area contributed by atoms with Crippen LogP contribution in [0.3, 0.4) is 0 Å². The van der Waals surface area contributed by atoms with Crippen molar-refractivity contribution in [3.63, 3.8) is 0 Å². The van der Waals surface area contributed by atoms with Crippen molar-refractivity contribution >= 4 is 0 Å². The molecule has 2 heteroatoms. The van der Waals surface area contributed by atoms with Gasteiger partial charge in [0.25, 0.3) is 0 Å². The zero-order valence-electron chi connectivity index (χ0n) is 11.4. The summed E-state index contributed by atoms with van der Waals surface area (Å²) in [5.74, 6) is 0.799. The lowest BCUT2D eigenvalue weighted by molar-refractivity contribution is -0.115. The number of hydrogen-bond donors (Lipinski definition) is 1. The molecular formula is C15H27NO. The molecule has 3 atom stereocenters. The van der Waals surface area contributed by atoms with Gasteiger partial charge in [0.2, 0.25) is 0 Å². The summed E-state index contributed by atoms with van der Waals surface area (Å²) in [4.78, 5) is 0. The summed E-state index contributed by atoms with van der Waals surface area (Å²) in [6, 6.07) is 1.49. The molecule has 0 amide bonds. The van der Waals surface area contributed by atoms with E-state index in [4.69, 9.17) is 4.74 Å². The van der Waals surface area contributed by atoms with Crippen LogP contribution >= 0.6 is 0 Å². The second-order valence-corrected chi connectivity index (χ2v) is 6.90. The molecule has 0 aromatic rings. The number of hydrogen-bond acceptors (Lipinski definition) is 2. The number of nitrogens with one attached hydrogen (secondary N) is 1. The van der Waals surface area contributed by atoms with Gasteiger partial charge in [0, 0.05) is 30.0 Å². The van der Waals surface area contributed by atoms with Gasteiger partial charge in [-0.3, -0.25) is 0 Å². The van der Waals surface area contributed by atoms with E-state index in [1.807, 2.05) is 0 Å². The van der Waals surface area contributed by atoms with E-state index in [1.54, 1.807) is 0 Å². The molecule has 0 aromatic carbocycles. The largest absolute Gasteiger partial charge is 0.377 e. The Morgan fingerprint density at radius 1 is 1.00 bits per heavy atom. The summed E-state index contributed by atoms with van der Waals surface area (Å²) in [5, 5.41) is 3.98. The molecule has 17 heavy (non-hydrogen) atoms. The lowest BCUT2D eigenvalue weighted by Gasteiger charge is -2.56. The van der Waals surface area contributed by atoms with Crippen LogP contribution in [-0.2, 0) is 4.74 Å². The smallest absolute Gasteiger partial charge is 0.0685 e. The quantitative estimate of drug-likeness (QED) is 0.745. The van der Waals surface area contributed by atoms with E-state index in [9.17, 15) is 0 Å². The second-order valence-electron chi connectivity index (χ2n) is 6.90. The molecule has 2 nitrogen and oxygen atoms in total. The fraction of sp³-hybridized carbons (Fsp3) is 1.00. The maximum atomic E-state index is 5.87. The molecule has 1 heterocycles. The Balaban J connectivity index is 1.60. The van der Waals surface area contributed by atoms with E-state index in [0.717, 1.165) is 18.6 Å². The van der Waals surface area contributed by atoms with Gasteiger partial charge in [0.05, 0.1) is 6.10 Å². The minimum absolute atomic E-state index is 0.355. The van der Waals surface area contributed by atoms with Crippen molar-refractivity contribution in [3.8, 4) is 0 Å². The molecule has 0 radical (unpaired) electrons. The molecule has 1 N–H and O–H groups in total. The van der Waals surface area contributed by atoms with Crippen molar-refractivity contribution < 1.29 is 4.74 Å². The molecule has 98 valence electrons. The van der Waals surface area contributed by atoms with Crippen LogP contribution < -0.4 is 5.32 Å². The average Bonchev–Trinajstić information content (AvgIpc) is 2.60. The molecular weight excluding hydrogens is 210 g/mol. The van der Waals surface area contributed by atoms with Crippen molar-refractivity contribution in [2.75, 3.05) is 6.61 Å². The Bertz CT molecular complexity index is 268. The number of rotatable bonds is 2. The summed E-state index contributed by atoms with van der Waals surface area (Å²) in [6.45, 7) is 5.75. The summed E-state index contributed by atoms with van der Waals surface area (Å²) in [7, 11) is 0.